The second kappa shape index (κ2) is 5.90. The fourth-order valence-electron chi connectivity index (χ4n) is 4.65. The first-order valence-corrected chi connectivity index (χ1v) is 9.47. The molecular weight excluding hydrogens is 349 g/mol. The number of carbonyl (C=O) groups excluding carboxylic acids is 1. The molecule has 0 bridgehead atoms. The van der Waals surface area contributed by atoms with Crippen molar-refractivity contribution < 1.29 is 13.9 Å². The lowest BCUT2D eigenvalue weighted by Crippen LogP contribution is -2.47. The zero-order valence-corrected chi connectivity index (χ0v) is 14.9. The van der Waals surface area contributed by atoms with E-state index in [0.29, 0.717) is 43.2 Å². The average molecular weight is 369 g/mol. The van der Waals surface area contributed by atoms with E-state index >= 15 is 0 Å². The van der Waals surface area contributed by atoms with Gasteiger partial charge >= 0.3 is 5.97 Å². The first kappa shape index (κ1) is 16.5. The summed E-state index contributed by atoms with van der Waals surface area (Å²) in [4.78, 5) is 34.5. The third kappa shape index (κ3) is 2.40. The van der Waals surface area contributed by atoms with Gasteiger partial charge in [0.15, 0.2) is 0 Å². The molecule has 7 heteroatoms. The fraction of sp³-hybridized carbons (Fsp3) is 0.450. The molecule has 1 N–H and O–H groups in total. The minimum Gasteiger partial charge on any atom is -0.425 e. The lowest BCUT2D eigenvalue weighted by molar-refractivity contribution is -0.139. The van der Waals surface area contributed by atoms with Crippen LogP contribution < -0.4 is 15.2 Å². The van der Waals surface area contributed by atoms with Crippen LogP contribution in [-0.4, -0.2) is 29.0 Å². The van der Waals surface area contributed by atoms with Gasteiger partial charge in [0.05, 0.1) is 5.69 Å². The number of piperidine rings is 1. The Kier molecular flexibility index (Phi) is 3.60. The van der Waals surface area contributed by atoms with Gasteiger partial charge in [-0.25, -0.2) is 9.37 Å². The minimum atomic E-state index is -0.939. The molecule has 2 aliphatic heterocycles. The molecule has 1 spiro atoms. The Labute approximate surface area is 155 Å². The quantitative estimate of drug-likeness (QED) is 0.616. The predicted octanol–water partition coefficient (Wildman–Crippen LogP) is 2.25. The largest absolute Gasteiger partial charge is 0.425 e. The van der Waals surface area contributed by atoms with Gasteiger partial charge in [-0.2, -0.15) is 0 Å². The number of carbonyl (C=O) groups is 1. The van der Waals surface area contributed by atoms with E-state index in [-0.39, 0.29) is 11.5 Å². The van der Waals surface area contributed by atoms with Crippen LogP contribution in [0.5, 0.6) is 5.75 Å². The molecule has 1 aromatic heterocycles. The van der Waals surface area contributed by atoms with Gasteiger partial charge in [0, 0.05) is 24.2 Å². The van der Waals surface area contributed by atoms with Crippen LogP contribution in [0.4, 0.5) is 10.3 Å². The van der Waals surface area contributed by atoms with E-state index in [1.807, 2.05) is 4.90 Å². The highest BCUT2D eigenvalue weighted by molar-refractivity contribution is 5.91. The Morgan fingerprint density at radius 2 is 1.93 bits per heavy atom. The molecule has 0 amide bonds. The van der Waals surface area contributed by atoms with Crippen LogP contribution in [0.1, 0.15) is 42.5 Å². The van der Waals surface area contributed by atoms with E-state index < -0.39 is 11.2 Å². The van der Waals surface area contributed by atoms with Crippen molar-refractivity contribution in [3.63, 3.8) is 0 Å². The molecule has 1 aromatic carbocycles. The first-order valence-electron chi connectivity index (χ1n) is 9.47. The molecule has 1 fully saturated rings. The molecule has 6 nitrogen and oxygen atoms in total. The van der Waals surface area contributed by atoms with Crippen LogP contribution in [0.2, 0.25) is 0 Å². The number of fused-ring (bicyclic) bond motifs is 3. The summed E-state index contributed by atoms with van der Waals surface area (Å²) in [5.41, 5.74) is 1.06. The number of aromatic amines is 1. The Morgan fingerprint density at radius 3 is 2.74 bits per heavy atom. The highest BCUT2D eigenvalue weighted by Crippen LogP contribution is 2.47. The molecule has 0 radical (unpaired) electrons. The smallest absolute Gasteiger partial charge is 0.322 e. The summed E-state index contributed by atoms with van der Waals surface area (Å²) in [6.07, 6.45) is 4.54. The molecule has 27 heavy (non-hydrogen) atoms. The van der Waals surface area contributed by atoms with Crippen molar-refractivity contribution in [2.24, 2.45) is 0 Å². The van der Waals surface area contributed by atoms with Gasteiger partial charge in [-0.1, -0.05) is 6.07 Å². The predicted molar refractivity (Wildman–Crippen MR) is 96.7 cm³/mol. The van der Waals surface area contributed by atoms with Crippen molar-refractivity contribution in [2.45, 2.75) is 43.9 Å². The van der Waals surface area contributed by atoms with Crippen LogP contribution >= 0.6 is 0 Å². The molecule has 1 saturated heterocycles. The Hall–Kier alpha value is -2.70. The lowest BCUT2D eigenvalue weighted by Gasteiger charge is -2.37. The lowest BCUT2D eigenvalue weighted by atomic mass is 9.73. The maximum absolute atomic E-state index is 14.4. The molecule has 3 heterocycles. The van der Waals surface area contributed by atoms with Crippen LogP contribution in [0, 0.1) is 5.82 Å². The summed E-state index contributed by atoms with van der Waals surface area (Å²) in [7, 11) is 0. The van der Waals surface area contributed by atoms with Gasteiger partial charge < -0.3 is 9.64 Å². The van der Waals surface area contributed by atoms with Crippen molar-refractivity contribution >= 4 is 11.9 Å². The van der Waals surface area contributed by atoms with E-state index in [1.165, 1.54) is 6.07 Å². The van der Waals surface area contributed by atoms with Crippen molar-refractivity contribution in [3.8, 4) is 5.75 Å². The summed E-state index contributed by atoms with van der Waals surface area (Å²) < 4.78 is 19.8. The molecule has 140 valence electrons. The second-order valence-corrected chi connectivity index (χ2v) is 7.59. The maximum atomic E-state index is 14.4. The molecule has 5 rings (SSSR count). The fourth-order valence-corrected chi connectivity index (χ4v) is 4.65. The van der Waals surface area contributed by atoms with E-state index in [4.69, 9.17) is 4.74 Å². The molecule has 2 aromatic rings. The molecule has 0 atom stereocenters. The summed E-state index contributed by atoms with van der Waals surface area (Å²) in [5.74, 6) is 0.102. The number of nitrogens with one attached hydrogen (secondary N) is 1. The molecule has 0 saturated carbocycles. The van der Waals surface area contributed by atoms with Crippen molar-refractivity contribution in [1.29, 1.82) is 0 Å². The highest BCUT2D eigenvalue weighted by Gasteiger charge is 2.52. The van der Waals surface area contributed by atoms with Gasteiger partial charge in [-0.05, 0) is 50.7 Å². The number of nitrogens with zero attached hydrogens (tertiary/aromatic N) is 2. The molecular formula is C20H20FN3O3. The van der Waals surface area contributed by atoms with Gasteiger partial charge in [0.25, 0.3) is 5.56 Å². The molecule has 3 aliphatic rings. The van der Waals surface area contributed by atoms with E-state index in [1.54, 1.807) is 12.1 Å². The van der Waals surface area contributed by atoms with Gasteiger partial charge in [-0.15, -0.1) is 0 Å². The van der Waals surface area contributed by atoms with Crippen molar-refractivity contribution in [1.82, 2.24) is 9.97 Å². The second-order valence-electron chi connectivity index (χ2n) is 7.59. The zero-order chi connectivity index (χ0) is 18.6. The Balaban J connectivity index is 1.44. The van der Waals surface area contributed by atoms with Gasteiger partial charge in [0.1, 0.15) is 17.0 Å². The Morgan fingerprint density at radius 1 is 1.15 bits per heavy atom. The third-order valence-corrected chi connectivity index (χ3v) is 6.14. The number of benzene rings is 1. The number of hydrogen-bond acceptors (Lipinski definition) is 5. The topological polar surface area (TPSA) is 75.3 Å². The number of H-pyrrole nitrogens is 1. The summed E-state index contributed by atoms with van der Waals surface area (Å²) in [6, 6.07) is 4.56. The standard InChI is InChI=1S/C20H20FN3O3/c21-13-5-3-7-15-16(13)20(18(26)27-15)8-10-24(11-9-20)19-22-14-6-2-1-4-12(14)17(25)23-19/h3,5,7H,1-2,4,6,8-11H2,(H,22,23,25). The maximum Gasteiger partial charge on any atom is 0.322 e. The van der Waals surface area contributed by atoms with Gasteiger partial charge in [-0.3, -0.25) is 14.6 Å². The van der Waals surface area contributed by atoms with Crippen LogP contribution in [0.25, 0.3) is 0 Å². The Bertz CT molecular complexity index is 992. The first-order chi connectivity index (χ1) is 13.1. The number of hydrogen-bond donors (Lipinski definition) is 1. The number of rotatable bonds is 1. The summed E-state index contributed by atoms with van der Waals surface area (Å²) in [5, 5.41) is 0. The van der Waals surface area contributed by atoms with E-state index in [2.05, 4.69) is 9.97 Å². The van der Waals surface area contributed by atoms with Crippen LogP contribution in [0.15, 0.2) is 23.0 Å². The van der Waals surface area contributed by atoms with E-state index in [0.717, 1.165) is 36.9 Å². The summed E-state index contributed by atoms with van der Waals surface area (Å²) >= 11 is 0. The SMILES string of the molecule is O=C1Oc2cccc(F)c2C12CCN(c1nc3c(c(=O)[nH]1)CCCC3)CC2. The van der Waals surface area contributed by atoms with Crippen LogP contribution in [0.3, 0.4) is 0 Å². The molecule has 1 aliphatic carbocycles. The highest BCUT2D eigenvalue weighted by atomic mass is 19.1. The minimum absolute atomic E-state index is 0.0633. The number of aryl methyl sites for hydroxylation is 1. The van der Waals surface area contributed by atoms with Gasteiger partial charge in [0.2, 0.25) is 5.95 Å². The number of halogens is 1. The van der Waals surface area contributed by atoms with E-state index in [9.17, 15) is 14.0 Å². The molecule has 0 unspecified atom stereocenters. The van der Waals surface area contributed by atoms with Crippen LogP contribution in [-0.2, 0) is 23.1 Å². The zero-order valence-electron chi connectivity index (χ0n) is 14.9. The monoisotopic (exact) mass is 369 g/mol. The number of aromatic nitrogens is 2. The summed E-state index contributed by atoms with van der Waals surface area (Å²) in [6.45, 7) is 1.01. The van der Waals surface area contributed by atoms with Crippen molar-refractivity contribution in [2.75, 3.05) is 18.0 Å². The normalized spacial score (nSPS) is 20.3. The number of anilines is 1. The van der Waals surface area contributed by atoms with Crippen molar-refractivity contribution in [3.05, 3.63) is 51.2 Å². The third-order valence-electron chi connectivity index (χ3n) is 6.14. The average Bonchev–Trinajstić information content (AvgIpc) is 2.95. The number of ether oxygens (including phenoxy) is 1. The number of esters is 1.